The van der Waals surface area contributed by atoms with Crippen LogP contribution in [0.1, 0.15) is 25.0 Å². The number of ether oxygens (including phenoxy) is 2. The summed E-state index contributed by atoms with van der Waals surface area (Å²) < 4.78 is 10.3. The molecule has 0 saturated heterocycles. The van der Waals surface area contributed by atoms with Gasteiger partial charge in [-0.05, 0) is 18.9 Å². The van der Waals surface area contributed by atoms with Crippen LogP contribution in [0.15, 0.2) is 18.2 Å². The summed E-state index contributed by atoms with van der Waals surface area (Å²) >= 11 is 0. The second-order valence-electron chi connectivity index (χ2n) is 3.44. The van der Waals surface area contributed by atoms with Gasteiger partial charge in [-0.15, -0.1) is 0 Å². The molecule has 0 aromatic heterocycles. The number of methoxy groups -OCH3 is 1. The molecule has 3 heteroatoms. The van der Waals surface area contributed by atoms with E-state index >= 15 is 0 Å². The molecule has 0 amide bonds. The SMILES string of the molecule is CCOC(=O)Cc1cccc(CC)c1OC. The Morgan fingerprint density at radius 2 is 1.94 bits per heavy atom. The highest BCUT2D eigenvalue weighted by molar-refractivity contribution is 5.73. The van der Waals surface area contributed by atoms with E-state index in [1.165, 1.54) is 0 Å². The van der Waals surface area contributed by atoms with E-state index in [0.717, 1.165) is 23.3 Å². The largest absolute Gasteiger partial charge is 0.496 e. The molecule has 0 saturated carbocycles. The van der Waals surface area contributed by atoms with E-state index < -0.39 is 0 Å². The number of carbonyl (C=O) groups is 1. The summed E-state index contributed by atoms with van der Waals surface area (Å²) in [5.41, 5.74) is 2.00. The maximum absolute atomic E-state index is 11.4. The summed E-state index contributed by atoms with van der Waals surface area (Å²) in [7, 11) is 1.63. The van der Waals surface area contributed by atoms with Crippen LogP contribution < -0.4 is 4.74 Å². The number of carbonyl (C=O) groups excluding carboxylic acids is 1. The fraction of sp³-hybridized carbons (Fsp3) is 0.462. The lowest BCUT2D eigenvalue weighted by molar-refractivity contribution is -0.142. The fourth-order valence-corrected chi connectivity index (χ4v) is 1.69. The normalized spacial score (nSPS) is 9.94. The number of esters is 1. The summed E-state index contributed by atoms with van der Waals surface area (Å²) in [5.74, 6) is 0.590. The van der Waals surface area contributed by atoms with Crippen molar-refractivity contribution in [2.45, 2.75) is 26.7 Å². The van der Waals surface area contributed by atoms with Gasteiger partial charge in [0, 0.05) is 5.56 Å². The van der Waals surface area contributed by atoms with Crippen LogP contribution in [0, 0.1) is 0 Å². The molecule has 88 valence electrons. The molecule has 0 aliphatic heterocycles. The number of hydrogen-bond acceptors (Lipinski definition) is 3. The molecule has 1 aromatic carbocycles. The first-order valence-electron chi connectivity index (χ1n) is 5.53. The zero-order valence-electron chi connectivity index (χ0n) is 10.1. The van der Waals surface area contributed by atoms with E-state index in [1.54, 1.807) is 14.0 Å². The smallest absolute Gasteiger partial charge is 0.310 e. The van der Waals surface area contributed by atoms with Gasteiger partial charge in [-0.2, -0.15) is 0 Å². The Labute approximate surface area is 96.4 Å². The zero-order valence-corrected chi connectivity index (χ0v) is 10.1. The van der Waals surface area contributed by atoms with Gasteiger partial charge in [0.25, 0.3) is 0 Å². The van der Waals surface area contributed by atoms with Crippen molar-refractivity contribution < 1.29 is 14.3 Å². The average Bonchev–Trinajstić information content (AvgIpc) is 2.29. The van der Waals surface area contributed by atoms with Crippen molar-refractivity contribution in [1.82, 2.24) is 0 Å². The van der Waals surface area contributed by atoms with E-state index in [4.69, 9.17) is 9.47 Å². The minimum absolute atomic E-state index is 0.214. The second kappa shape index (κ2) is 6.16. The monoisotopic (exact) mass is 222 g/mol. The van der Waals surface area contributed by atoms with Gasteiger partial charge >= 0.3 is 5.97 Å². The maximum atomic E-state index is 11.4. The molecule has 0 aliphatic rings. The molecule has 0 bridgehead atoms. The van der Waals surface area contributed by atoms with E-state index in [1.807, 2.05) is 18.2 Å². The summed E-state index contributed by atoms with van der Waals surface area (Å²) in [4.78, 5) is 11.4. The summed E-state index contributed by atoms with van der Waals surface area (Å²) in [5, 5.41) is 0. The van der Waals surface area contributed by atoms with Crippen molar-refractivity contribution in [3.63, 3.8) is 0 Å². The minimum atomic E-state index is -0.214. The van der Waals surface area contributed by atoms with Gasteiger partial charge in [-0.1, -0.05) is 25.1 Å². The lowest BCUT2D eigenvalue weighted by atomic mass is 10.0. The fourth-order valence-electron chi connectivity index (χ4n) is 1.69. The average molecular weight is 222 g/mol. The van der Waals surface area contributed by atoms with Gasteiger partial charge in [-0.3, -0.25) is 4.79 Å². The Morgan fingerprint density at radius 3 is 2.50 bits per heavy atom. The van der Waals surface area contributed by atoms with E-state index in [-0.39, 0.29) is 12.4 Å². The van der Waals surface area contributed by atoms with Crippen molar-refractivity contribution in [1.29, 1.82) is 0 Å². The second-order valence-corrected chi connectivity index (χ2v) is 3.44. The molecule has 0 heterocycles. The van der Waals surface area contributed by atoms with E-state index in [9.17, 15) is 4.79 Å². The Bertz CT molecular complexity index is 358. The topological polar surface area (TPSA) is 35.5 Å². The lowest BCUT2D eigenvalue weighted by Gasteiger charge is -2.11. The van der Waals surface area contributed by atoms with E-state index in [0.29, 0.717) is 6.61 Å². The predicted molar refractivity (Wildman–Crippen MR) is 62.7 cm³/mol. The van der Waals surface area contributed by atoms with Crippen LogP contribution in [0.3, 0.4) is 0 Å². The molecule has 1 aromatic rings. The van der Waals surface area contributed by atoms with Gasteiger partial charge in [0.15, 0.2) is 0 Å². The quantitative estimate of drug-likeness (QED) is 0.717. The third kappa shape index (κ3) is 2.99. The molecule has 0 fully saturated rings. The lowest BCUT2D eigenvalue weighted by Crippen LogP contribution is -2.09. The van der Waals surface area contributed by atoms with Crippen LogP contribution in [0.4, 0.5) is 0 Å². The third-order valence-corrected chi connectivity index (χ3v) is 2.40. The number of hydrogen-bond donors (Lipinski definition) is 0. The first kappa shape index (κ1) is 12.6. The van der Waals surface area contributed by atoms with Gasteiger partial charge in [0.2, 0.25) is 0 Å². The molecular weight excluding hydrogens is 204 g/mol. The molecule has 0 atom stereocenters. The molecule has 0 aliphatic carbocycles. The van der Waals surface area contributed by atoms with Crippen molar-refractivity contribution in [3.05, 3.63) is 29.3 Å². The Morgan fingerprint density at radius 1 is 1.25 bits per heavy atom. The highest BCUT2D eigenvalue weighted by Gasteiger charge is 2.11. The van der Waals surface area contributed by atoms with Crippen LogP contribution in [-0.4, -0.2) is 19.7 Å². The minimum Gasteiger partial charge on any atom is -0.496 e. The van der Waals surface area contributed by atoms with Crippen LogP contribution in [0.2, 0.25) is 0 Å². The number of rotatable bonds is 5. The summed E-state index contributed by atoms with van der Waals surface area (Å²) in [6.45, 7) is 4.28. The zero-order chi connectivity index (χ0) is 12.0. The molecule has 1 rings (SSSR count). The Balaban J connectivity index is 2.90. The van der Waals surface area contributed by atoms with Crippen LogP contribution >= 0.6 is 0 Å². The molecule has 0 N–H and O–H groups in total. The third-order valence-electron chi connectivity index (χ3n) is 2.40. The molecule has 0 radical (unpaired) electrons. The highest BCUT2D eigenvalue weighted by Crippen LogP contribution is 2.24. The van der Waals surface area contributed by atoms with Gasteiger partial charge in [0.05, 0.1) is 20.1 Å². The van der Waals surface area contributed by atoms with Gasteiger partial charge in [-0.25, -0.2) is 0 Å². The van der Waals surface area contributed by atoms with Crippen molar-refractivity contribution in [3.8, 4) is 5.75 Å². The maximum Gasteiger partial charge on any atom is 0.310 e. The molecule has 3 nitrogen and oxygen atoms in total. The van der Waals surface area contributed by atoms with Crippen LogP contribution in [0.25, 0.3) is 0 Å². The van der Waals surface area contributed by atoms with Gasteiger partial charge in [0.1, 0.15) is 5.75 Å². The number of aryl methyl sites for hydroxylation is 1. The molecule has 0 spiro atoms. The Kier molecular flexibility index (Phi) is 4.83. The molecule has 16 heavy (non-hydrogen) atoms. The van der Waals surface area contributed by atoms with Crippen LogP contribution in [-0.2, 0) is 22.4 Å². The summed E-state index contributed by atoms with van der Waals surface area (Å²) in [6, 6.07) is 5.85. The molecule has 0 unspecified atom stereocenters. The number of para-hydroxylation sites is 1. The first-order chi connectivity index (χ1) is 7.72. The first-order valence-corrected chi connectivity index (χ1v) is 5.53. The Hall–Kier alpha value is -1.51. The highest BCUT2D eigenvalue weighted by atomic mass is 16.5. The predicted octanol–water partition coefficient (Wildman–Crippen LogP) is 2.36. The van der Waals surface area contributed by atoms with E-state index in [2.05, 4.69) is 6.92 Å². The summed E-state index contributed by atoms with van der Waals surface area (Å²) in [6.07, 6.45) is 1.16. The molecular formula is C13H18O3. The van der Waals surface area contributed by atoms with Crippen LogP contribution in [0.5, 0.6) is 5.75 Å². The van der Waals surface area contributed by atoms with Crippen molar-refractivity contribution >= 4 is 5.97 Å². The van der Waals surface area contributed by atoms with Gasteiger partial charge < -0.3 is 9.47 Å². The van der Waals surface area contributed by atoms with Crippen molar-refractivity contribution in [2.75, 3.05) is 13.7 Å². The van der Waals surface area contributed by atoms with Crippen molar-refractivity contribution in [2.24, 2.45) is 0 Å². The standard InChI is InChI=1S/C13H18O3/c1-4-10-7-6-8-11(13(10)15-3)9-12(14)16-5-2/h6-8H,4-5,9H2,1-3H3. The number of benzene rings is 1.